The van der Waals surface area contributed by atoms with Gasteiger partial charge in [-0.3, -0.25) is 4.98 Å². The molecule has 1 aliphatic rings. The Morgan fingerprint density at radius 3 is 2.96 bits per heavy atom. The van der Waals surface area contributed by atoms with Crippen molar-refractivity contribution >= 4 is 37.7 Å². The van der Waals surface area contributed by atoms with E-state index in [0.29, 0.717) is 6.04 Å². The molecule has 6 heteroatoms. The third kappa shape index (κ3) is 3.05. The Labute approximate surface area is 156 Å². The van der Waals surface area contributed by atoms with E-state index in [4.69, 9.17) is 4.98 Å². The summed E-state index contributed by atoms with van der Waals surface area (Å²) in [4.78, 5) is 13.4. The van der Waals surface area contributed by atoms with Crippen LogP contribution in [0.5, 0.6) is 0 Å². The molecule has 1 fully saturated rings. The third-order valence-electron chi connectivity index (χ3n) is 5.16. The lowest BCUT2D eigenvalue weighted by atomic mass is 9.96. The van der Waals surface area contributed by atoms with E-state index >= 15 is 0 Å². The minimum Gasteiger partial charge on any atom is -0.359 e. The summed E-state index contributed by atoms with van der Waals surface area (Å²) >= 11 is 1.76. The zero-order valence-electron chi connectivity index (χ0n) is 14.6. The number of fused-ring (bicyclic) bond motifs is 2. The molecule has 0 aliphatic heterocycles. The smallest absolute Gasteiger partial charge is 0.184 e. The molecule has 5 nitrogen and oxygen atoms in total. The zero-order chi connectivity index (χ0) is 17.3. The molecular formula is C20H21N5S. The largest absolute Gasteiger partial charge is 0.359 e. The van der Waals surface area contributed by atoms with Crippen molar-refractivity contribution in [2.75, 3.05) is 5.32 Å². The maximum absolute atomic E-state index is 4.77. The molecule has 3 aromatic heterocycles. The molecule has 0 radical (unpaired) electrons. The maximum atomic E-state index is 4.77. The van der Waals surface area contributed by atoms with E-state index < -0.39 is 0 Å². The molecule has 0 saturated heterocycles. The molecule has 1 N–H and O–H groups in total. The lowest BCUT2D eigenvalue weighted by Gasteiger charge is -2.22. The first kappa shape index (κ1) is 15.8. The molecule has 132 valence electrons. The molecule has 1 aromatic carbocycles. The van der Waals surface area contributed by atoms with Gasteiger partial charge in [-0.05, 0) is 36.6 Å². The second-order valence-corrected chi connectivity index (χ2v) is 8.07. The lowest BCUT2D eigenvalue weighted by molar-refractivity contribution is 0.462. The van der Waals surface area contributed by atoms with Crippen LogP contribution in [-0.2, 0) is 6.54 Å². The quantitative estimate of drug-likeness (QED) is 0.564. The van der Waals surface area contributed by atoms with Crippen molar-refractivity contribution in [3.05, 3.63) is 48.5 Å². The van der Waals surface area contributed by atoms with Gasteiger partial charge in [-0.2, -0.15) is 0 Å². The fourth-order valence-electron chi connectivity index (χ4n) is 3.78. The van der Waals surface area contributed by atoms with Gasteiger partial charge in [0.1, 0.15) is 0 Å². The number of nitrogens with one attached hydrogen (secondary N) is 1. The van der Waals surface area contributed by atoms with Crippen molar-refractivity contribution in [1.82, 2.24) is 19.5 Å². The van der Waals surface area contributed by atoms with Crippen LogP contribution in [0.25, 0.3) is 21.3 Å². The Hall–Kier alpha value is -2.47. The highest BCUT2D eigenvalue weighted by atomic mass is 32.1. The monoisotopic (exact) mass is 363 g/mol. The van der Waals surface area contributed by atoms with E-state index in [2.05, 4.69) is 38.1 Å². The van der Waals surface area contributed by atoms with Gasteiger partial charge in [0, 0.05) is 18.8 Å². The minimum atomic E-state index is 0.591. The highest BCUT2D eigenvalue weighted by Crippen LogP contribution is 2.30. The van der Waals surface area contributed by atoms with Crippen LogP contribution in [0, 0.1) is 0 Å². The Morgan fingerprint density at radius 1 is 1.12 bits per heavy atom. The maximum Gasteiger partial charge on any atom is 0.184 e. The van der Waals surface area contributed by atoms with E-state index in [1.165, 1.54) is 42.4 Å². The molecule has 0 bridgehead atoms. The highest BCUT2D eigenvalue weighted by molar-refractivity contribution is 7.22. The first-order valence-corrected chi connectivity index (χ1v) is 10.1. The molecule has 26 heavy (non-hydrogen) atoms. The molecule has 0 spiro atoms. The summed E-state index contributed by atoms with van der Waals surface area (Å²) in [5.74, 6) is 0. The second kappa shape index (κ2) is 6.68. The molecule has 0 unspecified atom stereocenters. The number of imidazole rings is 1. The van der Waals surface area contributed by atoms with Crippen LogP contribution in [0.3, 0.4) is 0 Å². The number of pyridine rings is 1. The fourth-order valence-corrected chi connectivity index (χ4v) is 4.78. The Bertz CT molecular complexity index is 1040. The van der Waals surface area contributed by atoms with E-state index in [-0.39, 0.29) is 0 Å². The zero-order valence-corrected chi connectivity index (χ0v) is 15.4. The number of anilines is 1. The molecule has 0 amide bonds. The van der Waals surface area contributed by atoms with Crippen LogP contribution in [0.4, 0.5) is 5.13 Å². The lowest BCUT2D eigenvalue weighted by Crippen LogP contribution is -2.21. The predicted octanol–water partition coefficient (Wildman–Crippen LogP) is 4.83. The van der Waals surface area contributed by atoms with E-state index in [0.717, 1.165) is 28.2 Å². The molecule has 4 aromatic rings. The van der Waals surface area contributed by atoms with Crippen LogP contribution in [0.15, 0.2) is 43.0 Å². The molecule has 3 heterocycles. The predicted molar refractivity (Wildman–Crippen MR) is 107 cm³/mol. The first-order valence-electron chi connectivity index (χ1n) is 9.26. The van der Waals surface area contributed by atoms with Crippen LogP contribution < -0.4 is 5.32 Å². The standard InChI is InChI=1S/C20H21N5S/c1-2-4-15(5-3-1)23-20-24-17-7-6-14(10-19(17)26-20)12-25-13-22-16-8-9-21-11-18(16)25/h6-11,13,15H,1-5,12H2,(H,23,24). The van der Waals surface area contributed by atoms with Crippen molar-refractivity contribution in [2.24, 2.45) is 0 Å². The summed E-state index contributed by atoms with van der Waals surface area (Å²) in [6.45, 7) is 0.793. The van der Waals surface area contributed by atoms with Gasteiger partial charge in [0.2, 0.25) is 0 Å². The van der Waals surface area contributed by atoms with Gasteiger partial charge in [-0.1, -0.05) is 36.7 Å². The Balaban J connectivity index is 1.39. The SMILES string of the molecule is c1cc2ncn(Cc3ccc4nc(NC5CCCCC5)sc4c3)c2cn1. The summed E-state index contributed by atoms with van der Waals surface area (Å²) < 4.78 is 3.38. The number of hydrogen-bond donors (Lipinski definition) is 1. The Kier molecular flexibility index (Phi) is 4.05. The highest BCUT2D eigenvalue weighted by Gasteiger charge is 2.15. The average Bonchev–Trinajstić information content (AvgIpc) is 3.26. The summed E-state index contributed by atoms with van der Waals surface area (Å²) in [6.07, 6.45) is 12.1. The normalized spacial score (nSPS) is 15.7. The molecule has 1 aliphatic carbocycles. The number of nitrogens with zero attached hydrogens (tertiary/aromatic N) is 4. The van der Waals surface area contributed by atoms with Crippen molar-refractivity contribution in [3.63, 3.8) is 0 Å². The Morgan fingerprint density at radius 2 is 2.04 bits per heavy atom. The summed E-state index contributed by atoms with van der Waals surface area (Å²) in [6, 6.07) is 9.08. The third-order valence-corrected chi connectivity index (χ3v) is 6.11. The molecule has 0 atom stereocenters. The van der Waals surface area contributed by atoms with Crippen molar-refractivity contribution in [1.29, 1.82) is 0 Å². The summed E-state index contributed by atoms with van der Waals surface area (Å²) in [5.41, 5.74) is 4.39. The molecule has 5 rings (SSSR count). The topological polar surface area (TPSA) is 55.6 Å². The number of aromatic nitrogens is 4. The second-order valence-electron chi connectivity index (χ2n) is 7.04. The van der Waals surface area contributed by atoms with Gasteiger partial charge in [-0.25, -0.2) is 9.97 Å². The van der Waals surface area contributed by atoms with Gasteiger partial charge in [-0.15, -0.1) is 0 Å². The van der Waals surface area contributed by atoms with Crippen LogP contribution in [-0.4, -0.2) is 25.6 Å². The van der Waals surface area contributed by atoms with E-state index in [1.807, 2.05) is 18.6 Å². The number of thiazole rings is 1. The average molecular weight is 363 g/mol. The van der Waals surface area contributed by atoms with Gasteiger partial charge >= 0.3 is 0 Å². The number of rotatable bonds is 4. The van der Waals surface area contributed by atoms with Crippen molar-refractivity contribution in [3.8, 4) is 0 Å². The van der Waals surface area contributed by atoms with Crippen LogP contribution in [0.2, 0.25) is 0 Å². The summed E-state index contributed by atoms with van der Waals surface area (Å²) in [7, 11) is 0. The summed E-state index contributed by atoms with van der Waals surface area (Å²) in [5, 5.41) is 4.70. The van der Waals surface area contributed by atoms with Crippen LogP contribution >= 0.6 is 11.3 Å². The van der Waals surface area contributed by atoms with Crippen molar-refractivity contribution < 1.29 is 0 Å². The van der Waals surface area contributed by atoms with E-state index in [9.17, 15) is 0 Å². The van der Waals surface area contributed by atoms with Gasteiger partial charge < -0.3 is 9.88 Å². The minimum absolute atomic E-state index is 0.591. The number of hydrogen-bond acceptors (Lipinski definition) is 5. The van der Waals surface area contributed by atoms with Crippen molar-refractivity contribution in [2.45, 2.75) is 44.7 Å². The molecular weight excluding hydrogens is 342 g/mol. The van der Waals surface area contributed by atoms with Gasteiger partial charge in [0.15, 0.2) is 5.13 Å². The van der Waals surface area contributed by atoms with Gasteiger partial charge in [0.05, 0.1) is 33.8 Å². The van der Waals surface area contributed by atoms with E-state index in [1.54, 1.807) is 17.5 Å². The fraction of sp³-hybridized carbons (Fsp3) is 0.350. The number of benzene rings is 1. The van der Waals surface area contributed by atoms with Gasteiger partial charge in [0.25, 0.3) is 0 Å². The molecule has 1 saturated carbocycles. The first-order chi connectivity index (χ1) is 12.8. The van der Waals surface area contributed by atoms with Crippen LogP contribution in [0.1, 0.15) is 37.7 Å².